The Labute approximate surface area is 142 Å². The number of carbonyl (C=O) groups excluding carboxylic acids is 1. The number of furan rings is 1. The molecule has 23 heavy (non-hydrogen) atoms. The minimum atomic E-state index is -0.351. The highest BCUT2D eigenvalue weighted by molar-refractivity contribution is 6.35. The van der Waals surface area contributed by atoms with Crippen LogP contribution in [0.3, 0.4) is 0 Å². The predicted molar refractivity (Wildman–Crippen MR) is 89.2 cm³/mol. The van der Waals surface area contributed by atoms with Crippen LogP contribution >= 0.6 is 23.2 Å². The lowest BCUT2D eigenvalue weighted by Gasteiger charge is -2.08. The van der Waals surface area contributed by atoms with Gasteiger partial charge in [0.25, 0.3) is 5.91 Å². The molecule has 0 saturated heterocycles. The molecule has 1 N–H and O–H groups in total. The van der Waals surface area contributed by atoms with Gasteiger partial charge in [-0.15, -0.1) is 0 Å². The maximum Gasteiger partial charge on any atom is 0.292 e. The van der Waals surface area contributed by atoms with E-state index in [0.717, 1.165) is 11.3 Å². The van der Waals surface area contributed by atoms with E-state index in [2.05, 4.69) is 10.4 Å². The van der Waals surface area contributed by atoms with E-state index >= 15 is 0 Å². The van der Waals surface area contributed by atoms with E-state index < -0.39 is 0 Å². The van der Waals surface area contributed by atoms with Gasteiger partial charge >= 0.3 is 0 Å². The second kappa shape index (κ2) is 6.48. The number of aryl methyl sites for hydroxylation is 1. The van der Waals surface area contributed by atoms with Gasteiger partial charge in [0.15, 0.2) is 11.6 Å². The van der Waals surface area contributed by atoms with Crippen molar-refractivity contribution >= 4 is 34.9 Å². The molecule has 2 heterocycles. The Balaban J connectivity index is 1.80. The van der Waals surface area contributed by atoms with Crippen molar-refractivity contribution < 1.29 is 9.21 Å². The van der Waals surface area contributed by atoms with Crippen molar-refractivity contribution in [1.82, 2.24) is 9.78 Å². The van der Waals surface area contributed by atoms with Gasteiger partial charge in [0.2, 0.25) is 0 Å². The Morgan fingerprint density at radius 2 is 2.00 bits per heavy atom. The minimum Gasteiger partial charge on any atom is -0.459 e. The summed E-state index contributed by atoms with van der Waals surface area (Å²) in [4.78, 5) is 12.0. The van der Waals surface area contributed by atoms with E-state index in [4.69, 9.17) is 27.6 Å². The van der Waals surface area contributed by atoms with Crippen molar-refractivity contribution in [3.63, 3.8) is 0 Å². The summed E-state index contributed by atoms with van der Waals surface area (Å²) >= 11 is 12.4. The summed E-state index contributed by atoms with van der Waals surface area (Å²) in [5.41, 5.74) is 1.65. The molecule has 0 fully saturated rings. The molecule has 118 valence electrons. The van der Waals surface area contributed by atoms with E-state index in [0.29, 0.717) is 22.4 Å². The third-order valence-electron chi connectivity index (χ3n) is 3.34. The van der Waals surface area contributed by atoms with Gasteiger partial charge in [0.1, 0.15) is 0 Å². The molecule has 3 aromatic rings. The third-order valence-corrected chi connectivity index (χ3v) is 4.05. The molecule has 0 saturated carbocycles. The largest absolute Gasteiger partial charge is 0.459 e. The van der Waals surface area contributed by atoms with Crippen LogP contribution in [0.5, 0.6) is 0 Å². The smallest absolute Gasteiger partial charge is 0.292 e. The number of nitrogens with zero attached hydrogens (tertiary/aromatic N) is 2. The summed E-state index contributed by atoms with van der Waals surface area (Å²) in [7, 11) is 0. The van der Waals surface area contributed by atoms with Crippen LogP contribution in [0.2, 0.25) is 10.0 Å². The van der Waals surface area contributed by atoms with Gasteiger partial charge in [-0.2, -0.15) is 5.10 Å². The topological polar surface area (TPSA) is 60.1 Å². The van der Waals surface area contributed by atoms with E-state index in [-0.39, 0.29) is 11.7 Å². The zero-order valence-electron chi connectivity index (χ0n) is 12.2. The zero-order valence-corrected chi connectivity index (χ0v) is 13.7. The van der Waals surface area contributed by atoms with Crippen LogP contribution in [0.25, 0.3) is 0 Å². The maximum atomic E-state index is 12.0. The molecule has 0 aliphatic carbocycles. The van der Waals surface area contributed by atoms with Crippen molar-refractivity contribution in [1.29, 1.82) is 0 Å². The highest BCUT2D eigenvalue weighted by Gasteiger charge is 2.13. The minimum absolute atomic E-state index is 0.228. The number of anilines is 1. The van der Waals surface area contributed by atoms with Gasteiger partial charge in [-0.05, 0) is 31.2 Å². The first-order chi connectivity index (χ1) is 11.0. The Morgan fingerprint density at radius 1 is 1.26 bits per heavy atom. The first kappa shape index (κ1) is 15.6. The highest BCUT2D eigenvalue weighted by atomic mass is 35.5. The van der Waals surface area contributed by atoms with Crippen LogP contribution in [0.15, 0.2) is 47.1 Å². The Hall–Kier alpha value is -2.24. The molecule has 0 radical (unpaired) electrons. The SMILES string of the molecule is Cc1cc(NC(=O)c2ccco2)nn1Cc1c(Cl)cccc1Cl. The molecule has 3 rings (SSSR count). The summed E-state index contributed by atoms with van der Waals surface area (Å²) < 4.78 is 6.78. The number of nitrogens with one attached hydrogen (secondary N) is 1. The fraction of sp³-hybridized carbons (Fsp3) is 0.125. The van der Waals surface area contributed by atoms with Crippen molar-refractivity contribution in [2.75, 3.05) is 5.32 Å². The highest BCUT2D eigenvalue weighted by Crippen LogP contribution is 2.25. The summed E-state index contributed by atoms with van der Waals surface area (Å²) in [6.45, 7) is 2.31. The molecular formula is C16H13Cl2N3O2. The number of aromatic nitrogens is 2. The number of amides is 1. The molecule has 2 aromatic heterocycles. The molecule has 0 unspecified atom stereocenters. The molecule has 0 spiro atoms. The van der Waals surface area contributed by atoms with Crippen molar-refractivity contribution in [3.05, 3.63) is 69.7 Å². The number of hydrogen-bond acceptors (Lipinski definition) is 3. The van der Waals surface area contributed by atoms with Crippen LogP contribution in [0.4, 0.5) is 5.82 Å². The third kappa shape index (κ3) is 3.41. The van der Waals surface area contributed by atoms with Gasteiger partial charge < -0.3 is 9.73 Å². The van der Waals surface area contributed by atoms with Crippen LogP contribution < -0.4 is 5.32 Å². The summed E-state index contributed by atoms with van der Waals surface area (Å²) in [6, 6.07) is 10.4. The van der Waals surface area contributed by atoms with Gasteiger partial charge in [-0.3, -0.25) is 9.48 Å². The van der Waals surface area contributed by atoms with Crippen molar-refractivity contribution in [2.45, 2.75) is 13.5 Å². The number of hydrogen-bond donors (Lipinski definition) is 1. The number of carbonyl (C=O) groups is 1. The maximum absolute atomic E-state index is 12.0. The fourth-order valence-electron chi connectivity index (χ4n) is 2.15. The second-order valence-corrected chi connectivity index (χ2v) is 5.77. The molecule has 0 bridgehead atoms. The zero-order chi connectivity index (χ0) is 16.4. The average molecular weight is 350 g/mol. The Bertz CT molecular complexity index is 821. The normalized spacial score (nSPS) is 10.7. The molecule has 0 aliphatic rings. The average Bonchev–Trinajstić information content (AvgIpc) is 3.13. The summed E-state index contributed by atoms with van der Waals surface area (Å²) in [6.07, 6.45) is 1.44. The predicted octanol–water partition coefficient (Wildman–Crippen LogP) is 4.39. The molecule has 0 aliphatic heterocycles. The van der Waals surface area contributed by atoms with E-state index in [9.17, 15) is 4.79 Å². The molecule has 0 atom stereocenters. The standard InChI is InChI=1S/C16H13Cl2N3O2/c1-10-8-15(19-16(22)14-6-3-7-23-14)20-21(10)9-11-12(17)4-2-5-13(11)18/h2-8H,9H2,1H3,(H,19,20,22). The quantitative estimate of drug-likeness (QED) is 0.759. The number of rotatable bonds is 4. The Kier molecular flexibility index (Phi) is 4.41. The van der Waals surface area contributed by atoms with E-state index in [1.165, 1.54) is 6.26 Å². The lowest BCUT2D eigenvalue weighted by Crippen LogP contribution is -2.12. The summed E-state index contributed by atoms with van der Waals surface area (Å²) in [5.74, 6) is 0.314. The Morgan fingerprint density at radius 3 is 2.65 bits per heavy atom. The number of halogens is 2. The van der Waals surface area contributed by atoms with E-state index in [1.54, 1.807) is 41.1 Å². The molecule has 7 heteroatoms. The number of benzene rings is 1. The molecule has 5 nitrogen and oxygen atoms in total. The van der Waals surface area contributed by atoms with Crippen molar-refractivity contribution in [2.24, 2.45) is 0 Å². The van der Waals surface area contributed by atoms with E-state index in [1.807, 2.05) is 6.92 Å². The van der Waals surface area contributed by atoms with Crippen LogP contribution in [0.1, 0.15) is 21.8 Å². The van der Waals surface area contributed by atoms with Crippen LogP contribution in [-0.2, 0) is 6.54 Å². The molecular weight excluding hydrogens is 337 g/mol. The lowest BCUT2D eigenvalue weighted by atomic mass is 10.2. The van der Waals surface area contributed by atoms with Crippen molar-refractivity contribution in [3.8, 4) is 0 Å². The molecule has 1 aromatic carbocycles. The van der Waals surface area contributed by atoms with Gasteiger partial charge in [-0.25, -0.2) is 0 Å². The second-order valence-electron chi connectivity index (χ2n) is 4.96. The van der Waals surface area contributed by atoms with Gasteiger partial charge in [0, 0.05) is 27.4 Å². The first-order valence-electron chi connectivity index (χ1n) is 6.87. The monoisotopic (exact) mass is 349 g/mol. The van der Waals surface area contributed by atoms with Gasteiger partial charge in [0.05, 0.1) is 12.8 Å². The van der Waals surface area contributed by atoms with Crippen LogP contribution in [0, 0.1) is 6.92 Å². The van der Waals surface area contributed by atoms with Crippen LogP contribution in [-0.4, -0.2) is 15.7 Å². The summed E-state index contributed by atoms with van der Waals surface area (Å²) in [5, 5.41) is 8.21. The molecule has 1 amide bonds. The van der Waals surface area contributed by atoms with Gasteiger partial charge in [-0.1, -0.05) is 29.3 Å². The fourth-order valence-corrected chi connectivity index (χ4v) is 2.67. The first-order valence-corrected chi connectivity index (χ1v) is 7.62. The lowest BCUT2D eigenvalue weighted by molar-refractivity contribution is 0.0996.